The molecule has 3 aromatic rings. The SMILES string of the molecule is Fc1c(F)c(F)c([B-](F)(F)F)c(F)c1F.c1csc([I+]c2cccs2)c1. The minimum Gasteiger partial charge on any atom is -0.445 e. The van der Waals surface area contributed by atoms with Crippen molar-refractivity contribution in [2.24, 2.45) is 0 Å². The second-order valence-electron chi connectivity index (χ2n) is 4.49. The Kier molecular flexibility index (Phi) is 7.08. The van der Waals surface area contributed by atoms with Gasteiger partial charge in [0, 0.05) is 12.1 Å². The van der Waals surface area contributed by atoms with Crippen molar-refractivity contribution in [1.29, 1.82) is 0 Å². The molecule has 3 rings (SSSR count). The predicted octanol–water partition coefficient (Wildman–Crippen LogP) is 2.37. The molecule has 0 amide bonds. The Balaban J connectivity index is 0.000000195. The van der Waals surface area contributed by atoms with Crippen molar-refractivity contribution in [2.75, 3.05) is 0 Å². The van der Waals surface area contributed by atoms with Crippen molar-refractivity contribution in [3.8, 4) is 0 Å². The third-order valence-corrected chi connectivity index (χ3v) is 8.38. The molecular formula is C14H6BF8IS2. The molecule has 0 atom stereocenters. The Bertz CT molecular complexity index is 801. The third kappa shape index (κ3) is 4.97. The van der Waals surface area contributed by atoms with E-state index in [1.54, 1.807) is 5.77 Å². The smallest absolute Gasteiger partial charge is 0.445 e. The van der Waals surface area contributed by atoms with Gasteiger partial charge in [0.05, 0.1) is 0 Å². The Morgan fingerprint density at radius 2 is 1.04 bits per heavy atom. The summed E-state index contributed by atoms with van der Waals surface area (Å²) >= 11 is 3.89. The van der Waals surface area contributed by atoms with E-state index < -0.39 is 41.5 Å². The van der Waals surface area contributed by atoms with E-state index in [2.05, 4.69) is 35.0 Å². The van der Waals surface area contributed by atoms with E-state index in [0.717, 1.165) is 0 Å². The lowest BCUT2D eigenvalue weighted by molar-refractivity contribution is -0.585. The number of rotatable bonds is 3. The second-order valence-corrected chi connectivity index (χ2v) is 10.7. The van der Waals surface area contributed by atoms with Crippen molar-refractivity contribution in [3.05, 3.63) is 69.9 Å². The Morgan fingerprint density at radius 1 is 0.654 bits per heavy atom. The molecular weight excluding hydrogens is 522 g/mol. The first-order valence-corrected chi connectivity index (χ1v) is 10.5. The lowest BCUT2D eigenvalue weighted by atomic mass is 9.79. The largest absolute Gasteiger partial charge is 0.515 e. The van der Waals surface area contributed by atoms with Crippen LogP contribution in [0.15, 0.2) is 35.0 Å². The van der Waals surface area contributed by atoms with Gasteiger partial charge in [0.15, 0.2) is 17.5 Å². The quantitative estimate of drug-likeness (QED) is 0.161. The Hall–Kier alpha value is -1.15. The number of benzene rings is 1. The average molecular weight is 528 g/mol. The van der Waals surface area contributed by atoms with Crippen LogP contribution in [0.2, 0.25) is 0 Å². The summed E-state index contributed by atoms with van der Waals surface area (Å²) in [6.45, 7) is -6.30. The Morgan fingerprint density at radius 3 is 1.35 bits per heavy atom. The van der Waals surface area contributed by atoms with Gasteiger partial charge in [-0.05, 0) is 28.4 Å². The van der Waals surface area contributed by atoms with E-state index in [1.807, 2.05) is 22.7 Å². The fourth-order valence-electron chi connectivity index (χ4n) is 1.63. The maximum absolute atomic E-state index is 12.5. The van der Waals surface area contributed by atoms with E-state index in [4.69, 9.17) is 0 Å². The van der Waals surface area contributed by atoms with Crippen LogP contribution in [0.4, 0.5) is 34.9 Å². The minimum atomic E-state index is -6.30. The lowest BCUT2D eigenvalue weighted by Crippen LogP contribution is -3.61. The van der Waals surface area contributed by atoms with Gasteiger partial charge in [-0.15, -0.1) is 0 Å². The van der Waals surface area contributed by atoms with Gasteiger partial charge in [-0.1, -0.05) is 22.7 Å². The summed E-state index contributed by atoms with van der Waals surface area (Å²) in [5.41, 5.74) is -2.73. The summed E-state index contributed by atoms with van der Waals surface area (Å²) < 4.78 is 101. The second kappa shape index (κ2) is 8.70. The topological polar surface area (TPSA) is 0 Å². The molecule has 12 heteroatoms. The van der Waals surface area contributed by atoms with Crippen LogP contribution < -0.4 is 26.7 Å². The minimum absolute atomic E-state index is 0.141. The Labute approximate surface area is 160 Å². The molecule has 0 bridgehead atoms. The molecule has 2 heterocycles. The zero-order chi connectivity index (χ0) is 19.5. The summed E-state index contributed by atoms with van der Waals surface area (Å²) in [6, 6.07) is 8.73. The number of hydrogen-bond acceptors (Lipinski definition) is 2. The van der Waals surface area contributed by atoms with Crippen LogP contribution in [-0.2, 0) is 0 Å². The van der Waals surface area contributed by atoms with Gasteiger partial charge in [-0.2, -0.15) is 0 Å². The fourth-order valence-corrected chi connectivity index (χ4v) is 6.99. The maximum Gasteiger partial charge on any atom is 0.515 e. The van der Waals surface area contributed by atoms with Gasteiger partial charge in [-0.3, -0.25) is 0 Å². The van der Waals surface area contributed by atoms with Gasteiger partial charge < -0.3 is 12.9 Å². The van der Waals surface area contributed by atoms with Crippen LogP contribution in [0.3, 0.4) is 0 Å². The maximum atomic E-state index is 12.5. The molecule has 0 saturated carbocycles. The van der Waals surface area contributed by atoms with E-state index in [1.165, 1.54) is 0 Å². The predicted molar refractivity (Wildman–Crippen MR) is 81.0 cm³/mol. The molecule has 0 unspecified atom stereocenters. The standard InChI is InChI=1S/C8H6IS2.C6BF8/c1-3-7(10-5-1)9-8-4-2-6-11-8;8-2-1(7(13,14)15)3(9)5(11)6(12)4(2)10/h1-6H;/q+1;-1. The molecule has 0 spiro atoms. The number of thiophene rings is 2. The molecule has 0 aliphatic rings. The van der Waals surface area contributed by atoms with Crippen LogP contribution in [0, 0.1) is 34.9 Å². The molecule has 0 nitrogen and oxygen atoms in total. The monoisotopic (exact) mass is 528 g/mol. The molecule has 0 aliphatic carbocycles. The molecule has 0 N–H and O–H groups in total. The zero-order valence-corrected chi connectivity index (χ0v) is 16.1. The van der Waals surface area contributed by atoms with Crippen LogP contribution in [0.1, 0.15) is 0 Å². The summed E-state index contributed by atoms with van der Waals surface area (Å²) in [7, 11) is 0. The van der Waals surface area contributed by atoms with Crippen molar-refractivity contribution >= 4 is 35.1 Å². The van der Waals surface area contributed by atoms with Crippen LogP contribution in [0.25, 0.3) is 0 Å². The van der Waals surface area contributed by atoms with E-state index in [-0.39, 0.29) is 21.2 Å². The van der Waals surface area contributed by atoms with Crippen LogP contribution in [-0.4, -0.2) is 6.98 Å². The van der Waals surface area contributed by atoms with Gasteiger partial charge >= 0.3 is 28.2 Å². The van der Waals surface area contributed by atoms with Crippen molar-refractivity contribution < 1.29 is 56.1 Å². The summed E-state index contributed by atoms with van der Waals surface area (Å²) in [5, 5.41) is 4.31. The van der Waals surface area contributed by atoms with Gasteiger partial charge in [0.25, 0.3) is 0 Å². The molecule has 0 fully saturated rings. The normalized spacial score (nSPS) is 11.2. The van der Waals surface area contributed by atoms with E-state index in [9.17, 15) is 34.9 Å². The first-order valence-electron chi connectivity index (χ1n) is 6.56. The highest BCUT2D eigenvalue weighted by Gasteiger charge is 2.37. The molecule has 0 radical (unpaired) electrons. The molecule has 0 aliphatic heterocycles. The molecule has 1 aromatic carbocycles. The summed E-state index contributed by atoms with van der Waals surface area (Å²) in [4.78, 5) is 0. The van der Waals surface area contributed by atoms with Crippen molar-refractivity contribution in [2.45, 2.75) is 0 Å². The molecule has 0 saturated heterocycles. The third-order valence-electron chi connectivity index (χ3n) is 2.73. The van der Waals surface area contributed by atoms with Gasteiger partial charge in [-0.25, -0.2) is 22.0 Å². The molecule has 2 aromatic heterocycles. The first-order chi connectivity index (χ1) is 12.1. The van der Waals surface area contributed by atoms with Crippen molar-refractivity contribution in [3.63, 3.8) is 0 Å². The van der Waals surface area contributed by atoms with Crippen LogP contribution >= 0.6 is 22.7 Å². The fraction of sp³-hybridized carbons (Fsp3) is 0. The van der Waals surface area contributed by atoms with Crippen molar-refractivity contribution in [1.82, 2.24) is 0 Å². The zero-order valence-electron chi connectivity index (χ0n) is 12.3. The highest BCUT2D eigenvalue weighted by atomic mass is 127. The lowest BCUT2D eigenvalue weighted by Gasteiger charge is -2.17. The highest BCUT2D eigenvalue weighted by molar-refractivity contribution is 7.08. The van der Waals surface area contributed by atoms with E-state index >= 15 is 0 Å². The first kappa shape index (κ1) is 21.2. The molecule has 140 valence electrons. The number of halogens is 9. The van der Waals surface area contributed by atoms with E-state index in [0.29, 0.717) is 0 Å². The average Bonchev–Trinajstić information content (AvgIpc) is 3.25. The van der Waals surface area contributed by atoms with Gasteiger partial charge in [0.1, 0.15) is 11.6 Å². The summed E-state index contributed by atoms with van der Waals surface area (Å²) in [6.07, 6.45) is 0. The highest BCUT2D eigenvalue weighted by Crippen LogP contribution is 2.21. The van der Waals surface area contributed by atoms with Gasteiger partial charge in [0.2, 0.25) is 5.77 Å². The van der Waals surface area contributed by atoms with Crippen LogP contribution in [0.5, 0.6) is 0 Å². The molecule has 26 heavy (non-hydrogen) atoms. The number of hydrogen-bond donors (Lipinski definition) is 0. The summed E-state index contributed by atoms with van der Waals surface area (Å²) in [5.74, 6) is -13.6.